The Bertz CT molecular complexity index is 876. The zero-order valence-electron chi connectivity index (χ0n) is 29.8. The maximum Gasteiger partial charge on any atom is 0.472 e. The Balaban J connectivity index is 4.29. The van der Waals surface area contributed by atoms with Gasteiger partial charge in [0.25, 0.3) is 0 Å². The van der Waals surface area contributed by atoms with Gasteiger partial charge in [-0.2, -0.15) is 0 Å². The van der Waals surface area contributed by atoms with Crippen molar-refractivity contribution in [1.82, 2.24) is 0 Å². The van der Waals surface area contributed by atoms with E-state index in [1.54, 1.807) is 0 Å². The molecule has 0 aliphatic rings. The standard InChI is InChI=1S/C37H68NO8P/c1-3-5-7-9-11-13-15-16-17-18-20-22-24-26-28-30-37(40)46-35(34-45-47(41,42)44-32-31-38)33-43-36(39)29-27-25-23-21-19-14-12-10-8-6-4-2/h10,12-13,15-17,35H,3-9,11,14,18-34,38H2,1-2H3,(H,41,42)/b12-10+,15-13+,17-16+/t35-/m1/s1. The van der Waals surface area contributed by atoms with Gasteiger partial charge in [0.15, 0.2) is 6.10 Å². The molecule has 0 bridgehead atoms. The SMILES string of the molecule is CCCC/C=C/CCCCCCCC(=O)OC[C@H](COP(=O)(O)OCCN)OC(=O)CCCCCCC/C=C/C=C/CCCCCC. The van der Waals surface area contributed by atoms with Gasteiger partial charge in [0.05, 0.1) is 13.2 Å². The molecule has 0 aliphatic carbocycles. The molecule has 0 amide bonds. The summed E-state index contributed by atoms with van der Waals surface area (Å²) in [6.45, 7) is 3.62. The first-order valence-corrected chi connectivity index (χ1v) is 20.0. The number of carbonyl (C=O) groups excluding carboxylic acids is 2. The Morgan fingerprint density at radius 3 is 1.70 bits per heavy atom. The number of hydrogen-bond donors (Lipinski definition) is 2. The van der Waals surface area contributed by atoms with Crippen molar-refractivity contribution in [3.05, 3.63) is 36.5 Å². The summed E-state index contributed by atoms with van der Waals surface area (Å²) in [5, 5.41) is 0. The van der Waals surface area contributed by atoms with Gasteiger partial charge in [-0.15, -0.1) is 0 Å². The third-order valence-corrected chi connectivity index (χ3v) is 8.51. The molecule has 274 valence electrons. The van der Waals surface area contributed by atoms with Crippen LogP contribution in [0.4, 0.5) is 0 Å². The van der Waals surface area contributed by atoms with E-state index >= 15 is 0 Å². The van der Waals surface area contributed by atoms with Crippen molar-refractivity contribution in [3.63, 3.8) is 0 Å². The molecule has 2 atom stereocenters. The summed E-state index contributed by atoms with van der Waals surface area (Å²) in [5.74, 6) is -0.861. The van der Waals surface area contributed by atoms with Crippen molar-refractivity contribution in [2.45, 2.75) is 161 Å². The summed E-state index contributed by atoms with van der Waals surface area (Å²) in [6, 6.07) is 0. The van der Waals surface area contributed by atoms with Gasteiger partial charge in [0.2, 0.25) is 0 Å². The Kier molecular flexibility index (Phi) is 32.8. The molecule has 0 fully saturated rings. The highest BCUT2D eigenvalue weighted by Crippen LogP contribution is 2.43. The quantitative estimate of drug-likeness (QED) is 0.0223. The first-order valence-electron chi connectivity index (χ1n) is 18.5. The van der Waals surface area contributed by atoms with Gasteiger partial charge < -0.3 is 20.1 Å². The number of rotatable bonds is 34. The molecule has 0 saturated heterocycles. The molecule has 0 heterocycles. The van der Waals surface area contributed by atoms with Crippen LogP contribution in [0.2, 0.25) is 0 Å². The zero-order valence-corrected chi connectivity index (χ0v) is 30.7. The largest absolute Gasteiger partial charge is 0.472 e. The number of phosphoric ester groups is 1. The summed E-state index contributed by atoms with van der Waals surface area (Å²) >= 11 is 0. The number of allylic oxidation sites excluding steroid dienone is 6. The van der Waals surface area contributed by atoms with Crippen LogP contribution in [0.3, 0.4) is 0 Å². The molecule has 0 rings (SSSR count). The number of nitrogens with two attached hydrogens (primary N) is 1. The molecular formula is C37H68NO8P. The fourth-order valence-corrected chi connectivity index (χ4v) is 5.49. The van der Waals surface area contributed by atoms with Crippen molar-refractivity contribution in [2.24, 2.45) is 5.73 Å². The maximum atomic E-state index is 12.5. The minimum absolute atomic E-state index is 0.0489. The highest BCUT2D eigenvalue weighted by atomic mass is 31.2. The number of carbonyl (C=O) groups is 2. The second-order valence-corrected chi connectivity index (χ2v) is 13.6. The molecule has 0 aromatic heterocycles. The summed E-state index contributed by atoms with van der Waals surface area (Å²) in [7, 11) is -4.37. The molecule has 10 heteroatoms. The van der Waals surface area contributed by atoms with Crippen LogP contribution in [-0.2, 0) is 32.7 Å². The lowest BCUT2D eigenvalue weighted by Gasteiger charge is -2.19. The van der Waals surface area contributed by atoms with Gasteiger partial charge in [0, 0.05) is 19.4 Å². The number of esters is 2. The van der Waals surface area contributed by atoms with Crippen LogP contribution in [0.1, 0.15) is 155 Å². The molecule has 47 heavy (non-hydrogen) atoms. The molecular weight excluding hydrogens is 617 g/mol. The fraction of sp³-hybridized carbons (Fsp3) is 0.784. The molecule has 0 aromatic carbocycles. The normalized spacial score (nSPS) is 13.9. The average Bonchev–Trinajstić information content (AvgIpc) is 3.05. The number of hydrogen-bond acceptors (Lipinski definition) is 8. The predicted molar refractivity (Wildman–Crippen MR) is 192 cm³/mol. The molecule has 0 saturated carbocycles. The summed E-state index contributed by atoms with van der Waals surface area (Å²) in [5.41, 5.74) is 5.32. The third-order valence-electron chi connectivity index (χ3n) is 7.53. The Hall–Kier alpha value is -1.77. The van der Waals surface area contributed by atoms with Gasteiger partial charge in [-0.3, -0.25) is 18.6 Å². The lowest BCUT2D eigenvalue weighted by atomic mass is 10.1. The molecule has 0 aliphatic heterocycles. The predicted octanol–water partition coefficient (Wildman–Crippen LogP) is 9.82. The van der Waals surface area contributed by atoms with E-state index in [2.05, 4.69) is 50.3 Å². The first-order chi connectivity index (χ1) is 22.8. The highest BCUT2D eigenvalue weighted by molar-refractivity contribution is 7.47. The van der Waals surface area contributed by atoms with E-state index in [-0.39, 0.29) is 32.6 Å². The Morgan fingerprint density at radius 2 is 1.13 bits per heavy atom. The van der Waals surface area contributed by atoms with Crippen molar-refractivity contribution in [1.29, 1.82) is 0 Å². The highest BCUT2D eigenvalue weighted by Gasteiger charge is 2.25. The van der Waals surface area contributed by atoms with E-state index in [1.807, 2.05) is 0 Å². The Morgan fingerprint density at radius 1 is 0.638 bits per heavy atom. The van der Waals surface area contributed by atoms with Gasteiger partial charge in [-0.1, -0.05) is 121 Å². The second kappa shape index (κ2) is 34.1. The zero-order chi connectivity index (χ0) is 34.7. The first kappa shape index (κ1) is 45.2. The molecule has 0 radical (unpaired) electrons. The average molecular weight is 686 g/mol. The minimum Gasteiger partial charge on any atom is -0.462 e. The Labute approximate surface area is 286 Å². The lowest BCUT2D eigenvalue weighted by molar-refractivity contribution is -0.161. The van der Waals surface area contributed by atoms with Crippen LogP contribution >= 0.6 is 7.82 Å². The van der Waals surface area contributed by atoms with Gasteiger partial charge in [-0.25, -0.2) is 4.57 Å². The van der Waals surface area contributed by atoms with Crippen molar-refractivity contribution in [3.8, 4) is 0 Å². The van der Waals surface area contributed by atoms with Crippen molar-refractivity contribution in [2.75, 3.05) is 26.4 Å². The van der Waals surface area contributed by atoms with E-state index in [4.69, 9.17) is 24.3 Å². The monoisotopic (exact) mass is 685 g/mol. The van der Waals surface area contributed by atoms with E-state index < -0.39 is 32.5 Å². The van der Waals surface area contributed by atoms with Crippen LogP contribution in [0.25, 0.3) is 0 Å². The maximum absolute atomic E-state index is 12.5. The van der Waals surface area contributed by atoms with Gasteiger partial charge in [0.1, 0.15) is 6.61 Å². The summed E-state index contributed by atoms with van der Waals surface area (Å²) in [6.07, 6.45) is 34.6. The fourth-order valence-electron chi connectivity index (χ4n) is 4.72. The summed E-state index contributed by atoms with van der Waals surface area (Å²) in [4.78, 5) is 34.6. The molecule has 3 N–H and O–H groups in total. The topological polar surface area (TPSA) is 134 Å². The molecule has 0 spiro atoms. The summed E-state index contributed by atoms with van der Waals surface area (Å²) < 4.78 is 32.6. The van der Waals surface area contributed by atoms with Crippen molar-refractivity contribution >= 4 is 19.8 Å². The van der Waals surface area contributed by atoms with Gasteiger partial charge in [-0.05, 0) is 57.8 Å². The van der Waals surface area contributed by atoms with E-state index in [0.29, 0.717) is 6.42 Å². The molecule has 1 unspecified atom stereocenters. The minimum atomic E-state index is -4.37. The number of unbranched alkanes of at least 4 members (excludes halogenated alkanes) is 16. The van der Waals surface area contributed by atoms with Crippen LogP contribution in [0, 0.1) is 0 Å². The van der Waals surface area contributed by atoms with Crippen LogP contribution in [0.5, 0.6) is 0 Å². The van der Waals surface area contributed by atoms with Crippen LogP contribution in [-0.4, -0.2) is 49.3 Å². The van der Waals surface area contributed by atoms with Crippen LogP contribution in [0.15, 0.2) is 36.5 Å². The van der Waals surface area contributed by atoms with E-state index in [0.717, 1.165) is 83.5 Å². The van der Waals surface area contributed by atoms with E-state index in [1.165, 1.54) is 38.5 Å². The smallest absolute Gasteiger partial charge is 0.462 e. The molecule has 0 aromatic rings. The molecule has 9 nitrogen and oxygen atoms in total. The lowest BCUT2D eigenvalue weighted by Crippen LogP contribution is -2.29. The van der Waals surface area contributed by atoms with Crippen LogP contribution < -0.4 is 5.73 Å². The van der Waals surface area contributed by atoms with Crippen molar-refractivity contribution < 1.29 is 37.6 Å². The van der Waals surface area contributed by atoms with Gasteiger partial charge >= 0.3 is 19.8 Å². The second-order valence-electron chi connectivity index (χ2n) is 12.1. The number of phosphoric acid groups is 1. The van der Waals surface area contributed by atoms with E-state index in [9.17, 15) is 19.0 Å². The third kappa shape index (κ3) is 33.9. The number of ether oxygens (including phenoxy) is 2.